The molecule has 0 aliphatic carbocycles. The molecule has 0 saturated heterocycles. The summed E-state index contributed by atoms with van der Waals surface area (Å²) in [5.74, 6) is -0.0782. The molecule has 4 heteroatoms. The fraction of sp³-hybridized carbons (Fsp3) is 0.462. The minimum atomic E-state index is -0.885. The molecule has 1 N–H and O–H groups in total. The van der Waals surface area contributed by atoms with Gasteiger partial charge in [-0.3, -0.25) is 4.79 Å². The Labute approximate surface area is 108 Å². The van der Waals surface area contributed by atoms with Gasteiger partial charge in [0.1, 0.15) is 0 Å². The average Bonchev–Trinajstić information content (AvgIpc) is 2.23. The molecule has 1 aromatic carbocycles. The third kappa shape index (κ3) is 4.40. The minimum Gasteiger partial charge on any atom is -0.389 e. The largest absolute Gasteiger partial charge is 0.389 e. The van der Waals surface area contributed by atoms with E-state index in [-0.39, 0.29) is 5.91 Å². The monoisotopic (exact) mass is 253 g/mol. The molecule has 3 nitrogen and oxygen atoms in total. The lowest BCUT2D eigenvalue weighted by molar-refractivity contribution is 0.0314. The molecule has 0 aliphatic heterocycles. The van der Waals surface area contributed by atoms with Crippen LogP contribution in [0.2, 0.25) is 0 Å². The first kappa shape index (κ1) is 14.1. The summed E-state index contributed by atoms with van der Waals surface area (Å²) in [5.41, 5.74) is -0.284. The van der Waals surface area contributed by atoms with E-state index in [4.69, 9.17) is 0 Å². The zero-order valence-corrected chi connectivity index (χ0v) is 11.4. The predicted molar refractivity (Wildman–Crippen MR) is 71.6 cm³/mol. The predicted octanol–water partition coefficient (Wildman–Crippen LogP) is 2.21. The second-order valence-corrected chi connectivity index (χ2v) is 5.20. The maximum absolute atomic E-state index is 12.2. The van der Waals surface area contributed by atoms with Crippen LogP contribution in [0.25, 0.3) is 0 Å². The molecule has 17 heavy (non-hydrogen) atoms. The summed E-state index contributed by atoms with van der Waals surface area (Å²) >= 11 is 4.21. The highest BCUT2D eigenvalue weighted by molar-refractivity contribution is 7.80. The van der Waals surface area contributed by atoms with Crippen molar-refractivity contribution in [3.8, 4) is 0 Å². The molecular weight excluding hydrogens is 234 g/mol. The molecule has 1 rings (SSSR count). The van der Waals surface area contributed by atoms with Crippen molar-refractivity contribution in [2.75, 3.05) is 13.1 Å². The van der Waals surface area contributed by atoms with Gasteiger partial charge in [-0.2, -0.15) is 0 Å². The second kappa shape index (κ2) is 5.56. The minimum absolute atomic E-state index is 0.0782. The summed E-state index contributed by atoms with van der Waals surface area (Å²) < 4.78 is 0. The Morgan fingerprint density at radius 2 is 2.12 bits per heavy atom. The Morgan fingerprint density at radius 1 is 1.47 bits per heavy atom. The Kier molecular flexibility index (Phi) is 4.60. The zero-order valence-electron chi connectivity index (χ0n) is 10.5. The summed E-state index contributed by atoms with van der Waals surface area (Å²) in [7, 11) is 0. The topological polar surface area (TPSA) is 40.5 Å². The van der Waals surface area contributed by atoms with Gasteiger partial charge in [0, 0.05) is 23.5 Å². The fourth-order valence-electron chi connectivity index (χ4n) is 1.62. The second-order valence-electron chi connectivity index (χ2n) is 4.68. The van der Waals surface area contributed by atoms with E-state index < -0.39 is 5.60 Å². The normalized spacial score (nSPS) is 11.4. The molecule has 0 aliphatic rings. The first-order valence-electron chi connectivity index (χ1n) is 5.64. The van der Waals surface area contributed by atoms with Gasteiger partial charge >= 0.3 is 0 Å². The van der Waals surface area contributed by atoms with E-state index in [0.29, 0.717) is 18.7 Å². The molecule has 0 bridgehead atoms. The van der Waals surface area contributed by atoms with Gasteiger partial charge in [-0.1, -0.05) is 6.07 Å². The average molecular weight is 253 g/mol. The van der Waals surface area contributed by atoms with Crippen molar-refractivity contribution >= 4 is 18.5 Å². The van der Waals surface area contributed by atoms with Gasteiger partial charge in [-0.15, -0.1) is 12.6 Å². The molecule has 0 unspecified atom stereocenters. The van der Waals surface area contributed by atoms with E-state index in [1.54, 1.807) is 36.9 Å². The van der Waals surface area contributed by atoms with Crippen LogP contribution in [0.4, 0.5) is 0 Å². The lowest BCUT2D eigenvalue weighted by atomic mass is 10.1. The van der Waals surface area contributed by atoms with E-state index in [0.717, 1.165) is 4.90 Å². The molecule has 0 aromatic heterocycles. The van der Waals surface area contributed by atoms with Crippen LogP contribution in [0.3, 0.4) is 0 Å². The summed E-state index contributed by atoms with van der Waals surface area (Å²) in [6, 6.07) is 7.12. The number of likely N-dealkylation sites (N-methyl/N-ethyl adjacent to an activating group) is 1. The van der Waals surface area contributed by atoms with Crippen LogP contribution in [0.1, 0.15) is 31.1 Å². The number of thiol groups is 1. The lowest BCUT2D eigenvalue weighted by Crippen LogP contribution is -2.42. The molecular formula is C13H19NO2S. The highest BCUT2D eigenvalue weighted by atomic mass is 32.1. The Hall–Kier alpha value is -1.00. The Bertz CT molecular complexity index is 399. The first-order chi connectivity index (χ1) is 7.83. The van der Waals surface area contributed by atoms with Crippen molar-refractivity contribution in [2.24, 2.45) is 0 Å². The summed E-state index contributed by atoms with van der Waals surface area (Å²) in [4.78, 5) is 14.6. The summed E-state index contributed by atoms with van der Waals surface area (Å²) in [5, 5.41) is 9.76. The van der Waals surface area contributed by atoms with E-state index in [9.17, 15) is 9.90 Å². The van der Waals surface area contributed by atoms with Crippen LogP contribution in [-0.4, -0.2) is 34.6 Å². The van der Waals surface area contributed by atoms with E-state index in [1.165, 1.54) is 0 Å². The van der Waals surface area contributed by atoms with Crippen molar-refractivity contribution in [1.29, 1.82) is 0 Å². The van der Waals surface area contributed by atoms with E-state index in [2.05, 4.69) is 12.6 Å². The molecule has 1 aromatic rings. The molecule has 0 radical (unpaired) electrons. The van der Waals surface area contributed by atoms with Gasteiger partial charge in [-0.05, 0) is 39.0 Å². The standard InChI is InChI=1S/C13H19NO2S/c1-4-14(9-13(2,3)16)12(15)10-6-5-7-11(17)8-10/h5-8,16-17H,4,9H2,1-3H3. The van der Waals surface area contributed by atoms with Gasteiger partial charge < -0.3 is 10.0 Å². The lowest BCUT2D eigenvalue weighted by Gasteiger charge is -2.28. The van der Waals surface area contributed by atoms with Gasteiger partial charge in [-0.25, -0.2) is 0 Å². The zero-order chi connectivity index (χ0) is 13.1. The number of benzene rings is 1. The maximum Gasteiger partial charge on any atom is 0.253 e. The van der Waals surface area contributed by atoms with Crippen LogP contribution in [0.15, 0.2) is 29.2 Å². The molecule has 94 valence electrons. The van der Waals surface area contributed by atoms with Crippen LogP contribution in [-0.2, 0) is 0 Å². The number of nitrogens with zero attached hydrogens (tertiary/aromatic N) is 1. The molecule has 0 heterocycles. The number of amides is 1. The van der Waals surface area contributed by atoms with E-state index in [1.807, 2.05) is 13.0 Å². The van der Waals surface area contributed by atoms with E-state index >= 15 is 0 Å². The van der Waals surface area contributed by atoms with Crippen LogP contribution in [0.5, 0.6) is 0 Å². The Morgan fingerprint density at radius 3 is 2.59 bits per heavy atom. The third-order valence-electron chi connectivity index (χ3n) is 2.34. The van der Waals surface area contributed by atoms with Gasteiger partial charge in [0.15, 0.2) is 0 Å². The van der Waals surface area contributed by atoms with Crippen molar-refractivity contribution in [1.82, 2.24) is 4.90 Å². The number of aliphatic hydroxyl groups is 1. The number of hydrogen-bond acceptors (Lipinski definition) is 3. The molecule has 0 fully saturated rings. The molecule has 0 saturated carbocycles. The molecule has 0 spiro atoms. The van der Waals surface area contributed by atoms with Crippen LogP contribution in [0, 0.1) is 0 Å². The number of carbonyl (C=O) groups excluding carboxylic acids is 1. The van der Waals surface area contributed by atoms with Crippen molar-refractivity contribution in [2.45, 2.75) is 31.3 Å². The summed E-state index contributed by atoms with van der Waals surface area (Å²) in [6.45, 7) is 6.17. The third-order valence-corrected chi connectivity index (χ3v) is 2.62. The van der Waals surface area contributed by atoms with Gasteiger partial charge in [0.25, 0.3) is 5.91 Å². The molecule has 1 amide bonds. The maximum atomic E-state index is 12.2. The molecule has 0 atom stereocenters. The number of hydrogen-bond donors (Lipinski definition) is 2. The first-order valence-corrected chi connectivity index (χ1v) is 6.09. The SMILES string of the molecule is CCN(CC(C)(C)O)C(=O)c1cccc(S)c1. The highest BCUT2D eigenvalue weighted by Gasteiger charge is 2.22. The van der Waals surface area contributed by atoms with Gasteiger partial charge in [0.2, 0.25) is 0 Å². The van der Waals surface area contributed by atoms with Gasteiger partial charge in [0.05, 0.1) is 5.60 Å². The van der Waals surface area contributed by atoms with Crippen molar-refractivity contribution in [3.63, 3.8) is 0 Å². The number of rotatable bonds is 4. The van der Waals surface area contributed by atoms with Crippen LogP contribution >= 0.6 is 12.6 Å². The van der Waals surface area contributed by atoms with Crippen molar-refractivity contribution in [3.05, 3.63) is 29.8 Å². The quantitative estimate of drug-likeness (QED) is 0.808. The summed E-state index contributed by atoms with van der Waals surface area (Å²) in [6.07, 6.45) is 0. The Balaban J connectivity index is 2.87. The fourth-order valence-corrected chi connectivity index (χ4v) is 1.84. The van der Waals surface area contributed by atoms with Crippen LogP contribution < -0.4 is 0 Å². The number of carbonyl (C=O) groups is 1. The smallest absolute Gasteiger partial charge is 0.253 e. The highest BCUT2D eigenvalue weighted by Crippen LogP contribution is 2.13. The van der Waals surface area contributed by atoms with Crippen molar-refractivity contribution < 1.29 is 9.90 Å².